The zero-order valence-electron chi connectivity index (χ0n) is 17.5. The summed E-state index contributed by atoms with van der Waals surface area (Å²) in [6.45, 7) is 4.70. The second-order valence-corrected chi connectivity index (χ2v) is 9.99. The van der Waals surface area contributed by atoms with Gasteiger partial charge in [0.15, 0.2) is 0 Å². The van der Waals surface area contributed by atoms with Crippen LogP contribution in [-0.2, 0) is 5.41 Å². The molecule has 0 saturated heterocycles. The van der Waals surface area contributed by atoms with Gasteiger partial charge in [0.1, 0.15) is 0 Å². The Morgan fingerprint density at radius 3 is 2.42 bits per heavy atom. The SMILES string of the molecule is CC1(C)c2ccccc2-c2ccc(-n3c4ccccc4c4c5ccsc5ccc43)cc21. The number of hydrogen-bond donors (Lipinski definition) is 0. The van der Waals surface area contributed by atoms with E-state index in [1.807, 2.05) is 11.3 Å². The van der Waals surface area contributed by atoms with Crippen LogP contribution < -0.4 is 0 Å². The first-order valence-corrected chi connectivity index (χ1v) is 11.7. The average Bonchev–Trinajstić information content (AvgIpc) is 3.46. The van der Waals surface area contributed by atoms with Crippen molar-refractivity contribution in [3.63, 3.8) is 0 Å². The summed E-state index contributed by atoms with van der Waals surface area (Å²) in [5.41, 5.74) is 9.35. The fraction of sp³-hybridized carbons (Fsp3) is 0.103. The molecule has 4 aromatic carbocycles. The summed E-state index contributed by atoms with van der Waals surface area (Å²) in [5, 5.41) is 6.24. The Kier molecular flexibility index (Phi) is 3.28. The van der Waals surface area contributed by atoms with E-state index in [4.69, 9.17) is 0 Å². The van der Waals surface area contributed by atoms with Crippen LogP contribution in [0.5, 0.6) is 0 Å². The van der Waals surface area contributed by atoms with Crippen molar-refractivity contribution in [1.29, 1.82) is 0 Å². The number of para-hydroxylation sites is 1. The summed E-state index contributed by atoms with van der Waals surface area (Å²) in [6.07, 6.45) is 0. The Labute approximate surface area is 185 Å². The molecule has 0 aliphatic heterocycles. The molecule has 1 aliphatic rings. The molecule has 0 bridgehead atoms. The molecule has 0 saturated carbocycles. The van der Waals surface area contributed by atoms with Gasteiger partial charge in [-0.25, -0.2) is 0 Å². The molecule has 0 spiro atoms. The monoisotopic (exact) mass is 415 g/mol. The number of fused-ring (bicyclic) bond motifs is 8. The van der Waals surface area contributed by atoms with Gasteiger partial charge in [-0.3, -0.25) is 0 Å². The molecule has 0 radical (unpaired) electrons. The van der Waals surface area contributed by atoms with Gasteiger partial charge >= 0.3 is 0 Å². The highest BCUT2D eigenvalue weighted by Gasteiger charge is 2.35. The van der Waals surface area contributed by atoms with E-state index in [1.54, 1.807) is 0 Å². The first-order valence-electron chi connectivity index (χ1n) is 10.8. The zero-order valence-corrected chi connectivity index (χ0v) is 18.3. The summed E-state index contributed by atoms with van der Waals surface area (Å²) in [6, 6.07) is 31.5. The van der Waals surface area contributed by atoms with E-state index in [0.717, 1.165) is 0 Å². The van der Waals surface area contributed by atoms with Crippen molar-refractivity contribution < 1.29 is 0 Å². The van der Waals surface area contributed by atoms with Crippen molar-refractivity contribution in [1.82, 2.24) is 4.57 Å². The van der Waals surface area contributed by atoms with E-state index in [1.165, 1.54) is 59.8 Å². The maximum Gasteiger partial charge on any atom is 0.0548 e. The minimum absolute atomic E-state index is 0.00131. The summed E-state index contributed by atoms with van der Waals surface area (Å²) in [7, 11) is 0. The lowest BCUT2D eigenvalue weighted by Crippen LogP contribution is -2.15. The van der Waals surface area contributed by atoms with E-state index >= 15 is 0 Å². The molecule has 31 heavy (non-hydrogen) atoms. The molecular weight excluding hydrogens is 394 g/mol. The van der Waals surface area contributed by atoms with Crippen LogP contribution >= 0.6 is 11.3 Å². The lowest BCUT2D eigenvalue weighted by Gasteiger charge is -2.22. The first-order chi connectivity index (χ1) is 15.1. The number of benzene rings is 4. The van der Waals surface area contributed by atoms with Crippen LogP contribution in [0.15, 0.2) is 90.3 Å². The molecule has 0 N–H and O–H groups in total. The maximum absolute atomic E-state index is 2.45. The van der Waals surface area contributed by atoms with Crippen molar-refractivity contribution in [3.8, 4) is 16.8 Å². The molecule has 2 heterocycles. The number of nitrogens with zero attached hydrogens (tertiary/aromatic N) is 1. The van der Waals surface area contributed by atoms with Gasteiger partial charge in [-0.15, -0.1) is 11.3 Å². The van der Waals surface area contributed by atoms with Crippen molar-refractivity contribution in [2.45, 2.75) is 19.3 Å². The number of thiophene rings is 1. The first kappa shape index (κ1) is 17.3. The third kappa shape index (κ3) is 2.15. The van der Waals surface area contributed by atoms with E-state index in [-0.39, 0.29) is 5.41 Å². The molecule has 2 aromatic heterocycles. The lowest BCUT2D eigenvalue weighted by molar-refractivity contribution is 0.660. The molecule has 0 unspecified atom stereocenters. The smallest absolute Gasteiger partial charge is 0.0548 e. The molecular formula is C29H21NS. The summed E-state index contributed by atoms with van der Waals surface area (Å²) < 4.78 is 3.79. The van der Waals surface area contributed by atoms with E-state index in [9.17, 15) is 0 Å². The Morgan fingerprint density at radius 1 is 0.677 bits per heavy atom. The van der Waals surface area contributed by atoms with Crippen LogP contribution in [0, 0.1) is 0 Å². The zero-order chi connectivity index (χ0) is 20.7. The van der Waals surface area contributed by atoms with Gasteiger partial charge in [0.2, 0.25) is 0 Å². The van der Waals surface area contributed by atoms with Gasteiger partial charge in [-0.05, 0) is 64.0 Å². The van der Waals surface area contributed by atoms with Crippen LogP contribution in [0.1, 0.15) is 25.0 Å². The number of rotatable bonds is 1. The molecule has 2 heteroatoms. The maximum atomic E-state index is 2.45. The molecule has 0 atom stereocenters. The van der Waals surface area contributed by atoms with Crippen LogP contribution in [0.25, 0.3) is 48.7 Å². The predicted octanol–water partition coefficient (Wildman–Crippen LogP) is 8.30. The Hall–Kier alpha value is -3.36. The Morgan fingerprint density at radius 2 is 1.48 bits per heavy atom. The fourth-order valence-corrected chi connectivity index (χ4v) is 6.42. The van der Waals surface area contributed by atoms with Gasteiger partial charge < -0.3 is 4.57 Å². The molecule has 1 aliphatic carbocycles. The van der Waals surface area contributed by atoms with Crippen LogP contribution in [0.2, 0.25) is 0 Å². The van der Waals surface area contributed by atoms with Crippen molar-refractivity contribution in [2.24, 2.45) is 0 Å². The van der Waals surface area contributed by atoms with Gasteiger partial charge in [-0.2, -0.15) is 0 Å². The van der Waals surface area contributed by atoms with E-state index in [0.29, 0.717) is 0 Å². The fourth-order valence-electron chi connectivity index (χ4n) is 5.62. The third-order valence-corrected chi connectivity index (χ3v) is 7.98. The second-order valence-electron chi connectivity index (χ2n) is 9.05. The van der Waals surface area contributed by atoms with Gasteiger partial charge in [-0.1, -0.05) is 62.4 Å². The highest BCUT2D eigenvalue weighted by atomic mass is 32.1. The van der Waals surface area contributed by atoms with Gasteiger partial charge in [0.05, 0.1) is 11.0 Å². The molecule has 6 aromatic rings. The molecule has 148 valence electrons. The summed E-state index contributed by atoms with van der Waals surface area (Å²) in [5.74, 6) is 0. The molecule has 1 nitrogen and oxygen atoms in total. The van der Waals surface area contributed by atoms with Crippen LogP contribution in [0.3, 0.4) is 0 Å². The second kappa shape index (κ2) is 5.87. The summed E-state index contributed by atoms with van der Waals surface area (Å²) in [4.78, 5) is 0. The number of hydrogen-bond acceptors (Lipinski definition) is 1. The van der Waals surface area contributed by atoms with Crippen LogP contribution in [0.4, 0.5) is 0 Å². The van der Waals surface area contributed by atoms with Crippen LogP contribution in [-0.4, -0.2) is 4.57 Å². The minimum Gasteiger partial charge on any atom is -0.309 e. The largest absolute Gasteiger partial charge is 0.309 e. The van der Waals surface area contributed by atoms with Gasteiger partial charge in [0.25, 0.3) is 0 Å². The molecule has 0 fully saturated rings. The highest BCUT2D eigenvalue weighted by molar-refractivity contribution is 7.17. The van der Waals surface area contributed by atoms with Gasteiger partial charge in [0, 0.05) is 32.0 Å². The highest BCUT2D eigenvalue weighted by Crippen LogP contribution is 2.49. The Balaban J connectivity index is 1.58. The lowest BCUT2D eigenvalue weighted by atomic mass is 9.82. The Bertz CT molecular complexity index is 1660. The van der Waals surface area contributed by atoms with Crippen molar-refractivity contribution >= 4 is 43.2 Å². The standard InChI is InChI=1S/C29H21NS/c1-29(2)23-9-5-3-7-19(23)20-12-11-18(17-24(20)29)30-25-10-6-4-8-21(25)28-22-15-16-31-27(22)14-13-26(28)30/h3-17H,1-2H3. The quantitative estimate of drug-likeness (QED) is 0.254. The van der Waals surface area contributed by atoms with Crippen molar-refractivity contribution in [3.05, 3.63) is 101 Å². The molecule has 0 amide bonds. The topological polar surface area (TPSA) is 4.93 Å². The minimum atomic E-state index is 0.00131. The average molecular weight is 416 g/mol. The van der Waals surface area contributed by atoms with E-state index in [2.05, 4.69) is 109 Å². The van der Waals surface area contributed by atoms with E-state index < -0.39 is 0 Å². The number of aromatic nitrogens is 1. The normalized spacial score (nSPS) is 14.4. The van der Waals surface area contributed by atoms with Crippen molar-refractivity contribution in [2.75, 3.05) is 0 Å². The summed E-state index contributed by atoms with van der Waals surface area (Å²) >= 11 is 1.82. The third-order valence-electron chi connectivity index (χ3n) is 7.09. The predicted molar refractivity (Wildman–Crippen MR) is 134 cm³/mol. The molecule has 7 rings (SSSR count).